The average Bonchev–Trinajstić information content (AvgIpc) is 2.76. The zero-order valence-electron chi connectivity index (χ0n) is 13.1. The van der Waals surface area contributed by atoms with E-state index in [1.807, 2.05) is 18.2 Å². The first-order chi connectivity index (χ1) is 10.1. The third-order valence-corrected chi connectivity index (χ3v) is 4.66. The fraction of sp³-hybridized carbons (Fsp3) is 0.300. The molecule has 4 atom stereocenters. The van der Waals surface area contributed by atoms with Gasteiger partial charge < -0.3 is 4.90 Å². The SMILES string of the molecule is C=C/C=C\C1C(C)C(C)C(C=C)N1c1ccc(C=C)cc1. The van der Waals surface area contributed by atoms with E-state index >= 15 is 0 Å². The molecule has 1 heterocycles. The highest BCUT2D eigenvalue weighted by molar-refractivity contribution is 5.58. The fourth-order valence-corrected chi connectivity index (χ4v) is 3.24. The molecule has 1 aromatic rings. The molecule has 1 nitrogen and oxygen atoms in total. The largest absolute Gasteiger partial charge is 0.358 e. The molecule has 0 amide bonds. The Morgan fingerprint density at radius 2 is 1.57 bits per heavy atom. The van der Waals surface area contributed by atoms with Crippen molar-refractivity contribution in [2.45, 2.75) is 25.9 Å². The minimum absolute atomic E-state index is 0.356. The van der Waals surface area contributed by atoms with Crippen molar-refractivity contribution in [2.24, 2.45) is 11.8 Å². The highest BCUT2D eigenvalue weighted by atomic mass is 15.2. The van der Waals surface area contributed by atoms with Crippen LogP contribution in [0.15, 0.2) is 68.3 Å². The van der Waals surface area contributed by atoms with E-state index in [9.17, 15) is 0 Å². The van der Waals surface area contributed by atoms with E-state index in [4.69, 9.17) is 0 Å². The Balaban J connectivity index is 2.42. The van der Waals surface area contributed by atoms with E-state index in [0.29, 0.717) is 23.9 Å². The number of allylic oxidation sites excluding steroid dienone is 2. The van der Waals surface area contributed by atoms with Crippen molar-refractivity contribution < 1.29 is 0 Å². The lowest BCUT2D eigenvalue weighted by Crippen LogP contribution is -2.35. The van der Waals surface area contributed by atoms with Gasteiger partial charge in [0.15, 0.2) is 0 Å². The van der Waals surface area contributed by atoms with Crippen molar-refractivity contribution >= 4 is 11.8 Å². The Labute approximate surface area is 129 Å². The van der Waals surface area contributed by atoms with Crippen LogP contribution in [-0.2, 0) is 0 Å². The fourth-order valence-electron chi connectivity index (χ4n) is 3.24. The lowest BCUT2D eigenvalue weighted by molar-refractivity contribution is 0.437. The van der Waals surface area contributed by atoms with E-state index in [-0.39, 0.29) is 0 Å². The molecular weight excluding hydrogens is 254 g/mol. The second kappa shape index (κ2) is 6.62. The molecule has 0 aliphatic carbocycles. The van der Waals surface area contributed by atoms with Gasteiger partial charge in [-0.2, -0.15) is 0 Å². The van der Waals surface area contributed by atoms with Gasteiger partial charge in [0.25, 0.3) is 0 Å². The minimum Gasteiger partial charge on any atom is -0.358 e. The molecule has 21 heavy (non-hydrogen) atoms. The molecule has 110 valence electrons. The predicted molar refractivity (Wildman–Crippen MR) is 94.5 cm³/mol. The molecular formula is C20H25N. The highest BCUT2D eigenvalue weighted by Gasteiger charge is 2.41. The molecule has 1 saturated heterocycles. The van der Waals surface area contributed by atoms with Gasteiger partial charge in [0.05, 0.1) is 12.1 Å². The Morgan fingerprint density at radius 3 is 2.10 bits per heavy atom. The van der Waals surface area contributed by atoms with Crippen molar-refractivity contribution in [1.82, 2.24) is 0 Å². The summed E-state index contributed by atoms with van der Waals surface area (Å²) in [6.45, 7) is 16.3. The smallest absolute Gasteiger partial charge is 0.0511 e. The van der Waals surface area contributed by atoms with Crippen LogP contribution in [0, 0.1) is 11.8 Å². The highest BCUT2D eigenvalue weighted by Crippen LogP contribution is 2.39. The van der Waals surface area contributed by atoms with Crippen molar-refractivity contribution in [3.8, 4) is 0 Å². The van der Waals surface area contributed by atoms with E-state index in [0.717, 1.165) is 5.56 Å². The Kier molecular flexibility index (Phi) is 4.85. The standard InChI is InChI=1S/C20H25N/c1-6-9-10-20-16(5)15(4)19(8-3)21(20)18-13-11-17(7-2)12-14-18/h6-16,19-20H,1-3H2,4-5H3/b10-9-. The van der Waals surface area contributed by atoms with Crippen LogP contribution in [0.25, 0.3) is 6.08 Å². The number of nitrogens with zero attached hydrogens (tertiary/aromatic N) is 1. The molecule has 0 saturated carbocycles. The summed E-state index contributed by atoms with van der Waals surface area (Å²) in [5, 5.41) is 0. The molecule has 0 N–H and O–H groups in total. The van der Waals surface area contributed by atoms with Crippen LogP contribution in [0.1, 0.15) is 19.4 Å². The Morgan fingerprint density at radius 1 is 0.952 bits per heavy atom. The third-order valence-electron chi connectivity index (χ3n) is 4.66. The molecule has 4 unspecified atom stereocenters. The van der Waals surface area contributed by atoms with Gasteiger partial charge in [-0.15, -0.1) is 6.58 Å². The third kappa shape index (κ3) is 2.87. The maximum atomic E-state index is 4.05. The summed E-state index contributed by atoms with van der Waals surface area (Å²) >= 11 is 0. The Hall–Kier alpha value is -2.02. The molecule has 1 aliphatic rings. The molecule has 0 bridgehead atoms. The van der Waals surface area contributed by atoms with Gasteiger partial charge in [0, 0.05) is 5.69 Å². The van der Waals surface area contributed by atoms with Crippen molar-refractivity contribution in [1.29, 1.82) is 0 Å². The zero-order valence-corrected chi connectivity index (χ0v) is 13.1. The quantitative estimate of drug-likeness (QED) is 0.536. The number of rotatable bonds is 5. The topological polar surface area (TPSA) is 3.24 Å². The molecule has 1 heteroatoms. The van der Waals surface area contributed by atoms with Crippen LogP contribution in [0.5, 0.6) is 0 Å². The monoisotopic (exact) mass is 279 g/mol. The van der Waals surface area contributed by atoms with Gasteiger partial charge in [0.2, 0.25) is 0 Å². The van der Waals surface area contributed by atoms with Crippen LogP contribution < -0.4 is 4.90 Å². The van der Waals surface area contributed by atoms with Gasteiger partial charge in [-0.25, -0.2) is 0 Å². The van der Waals surface area contributed by atoms with E-state index < -0.39 is 0 Å². The maximum absolute atomic E-state index is 4.05. The summed E-state index contributed by atoms with van der Waals surface area (Å²) in [5.74, 6) is 1.14. The van der Waals surface area contributed by atoms with Crippen LogP contribution in [0.4, 0.5) is 5.69 Å². The van der Waals surface area contributed by atoms with Gasteiger partial charge in [-0.05, 0) is 29.5 Å². The molecule has 0 aromatic heterocycles. The van der Waals surface area contributed by atoms with Gasteiger partial charge >= 0.3 is 0 Å². The summed E-state index contributed by atoms with van der Waals surface area (Å²) in [7, 11) is 0. The normalized spacial score (nSPS) is 28.8. The number of hydrogen-bond donors (Lipinski definition) is 0. The summed E-state index contributed by atoms with van der Waals surface area (Å²) in [6, 6.07) is 9.30. The van der Waals surface area contributed by atoms with Crippen molar-refractivity contribution in [3.63, 3.8) is 0 Å². The molecule has 2 rings (SSSR count). The van der Waals surface area contributed by atoms with E-state index in [2.05, 4.69) is 74.9 Å². The summed E-state index contributed by atoms with van der Waals surface area (Å²) in [6.07, 6.45) is 10.1. The number of hydrogen-bond acceptors (Lipinski definition) is 1. The summed E-state index contributed by atoms with van der Waals surface area (Å²) in [5.41, 5.74) is 2.38. The van der Waals surface area contributed by atoms with Crippen LogP contribution in [0.2, 0.25) is 0 Å². The molecule has 1 aliphatic heterocycles. The molecule has 0 spiro atoms. The first-order valence-electron chi connectivity index (χ1n) is 7.56. The van der Waals surface area contributed by atoms with Gasteiger partial charge in [-0.1, -0.05) is 69.5 Å². The van der Waals surface area contributed by atoms with Gasteiger partial charge in [-0.3, -0.25) is 0 Å². The van der Waals surface area contributed by atoms with E-state index in [1.165, 1.54) is 5.69 Å². The Bertz CT molecular complexity index is 537. The van der Waals surface area contributed by atoms with Crippen LogP contribution >= 0.6 is 0 Å². The molecule has 1 fully saturated rings. The lowest BCUT2D eigenvalue weighted by Gasteiger charge is -2.31. The van der Waals surface area contributed by atoms with Gasteiger partial charge in [0.1, 0.15) is 0 Å². The molecule has 1 aromatic carbocycles. The summed E-state index contributed by atoms with van der Waals surface area (Å²) in [4.78, 5) is 2.47. The van der Waals surface area contributed by atoms with Crippen LogP contribution in [-0.4, -0.2) is 12.1 Å². The summed E-state index contributed by atoms with van der Waals surface area (Å²) < 4.78 is 0. The first-order valence-corrected chi connectivity index (χ1v) is 7.56. The second-order valence-electron chi connectivity index (χ2n) is 5.76. The second-order valence-corrected chi connectivity index (χ2v) is 5.76. The predicted octanol–water partition coefficient (Wildman–Crippen LogP) is 5.09. The van der Waals surface area contributed by atoms with E-state index in [1.54, 1.807) is 0 Å². The van der Waals surface area contributed by atoms with Crippen molar-refractivity contribution in [2.75, 3.05) is 4.90 Å². The molecule has 0 radical (unpaired) electrons. The van der Waals surface area contributed by atoms with Crippen molar-refractivity contribution in [3.05, 3.63) is 73.9 Å². The number of benzene rings is 1. The first kappa shape index (κ1) is 15.4. The average molecular weight is 279 g/mol. The van der Waals surface area contributed by atoms with Crippen LogP contribution in [0.3, 0.4) is 0 Å². The number of anilines is 1. The lowest BCUT2D eigenvalue weighted by atomic mass is 9.90. The minimum atomic E-state index is 0.356. The zero-order chi connectivity index (χ0) is 15.4. The maximum Gasteiger partial charge on any atom is 0.0511 e.